The number of H-pyrrole nitrogens is 1. The fraction of sp³-hybridized carbons (Fsp3) is 0.714. The molecule has 1 amide bonds. The van der Waals surface area contributed by atoms with Crippen LogP contribution < -0.4 is 0 Å². The normalized spacial score (nSPS) is 25.2. The number of halogens is 3. The third-order valence-corrected chi connectivity index (χ3v) is 4.66. The molecule has 1 aromatic heterocycles. The highest BCUT2D eigenvalue weighted by Gasteiger charge is 2.37. The maximum atomic E-state index is 12.6. The molecule has 0 unspecified atom stereocenters. The first-order chi connectivity index (χ1) is 10.4. The van der Waals surface area contributed by atoms with Gasteiger partial charge in [-0.3, -0.25) is 9.69 Å². The number of likely N-dealkylation sites (tertiary alicyclic amines) is 2. The third kappa shape index (κ3) is 2.84. The average Bonchev–Trinajstić information content (AvgIpc) is 3.08. The van der Waals surface area contributed by atoms with Gasteiger partial charge in [-0.1, -0.05) is 0 Å². The maximum Gasteiger partial charge on any atom is 0.432 e. The summed E-state index contributed by atoms with van der Waals surface area (Å²) in [6.45, 7) is 2.21. The Balaban J connectivity index is 1.60. The number of nitrogens with one attached hydrogen (secondary N) is 1. The fourth-order valence-corrected chi connectivity index (χ4v) is 3.32. The molecule has 1 N–H and O–H groups in total. The minimum Gasteiger partial charge on any atom is -0.344 e. The zero-order valence-corrected chi connectivity index (χ0v) is 12.4. The van der Waals surface area contributed by atoms with E-state index in [9.17, 15) is 18.0 Å². The number of carbonyl (C=O) groups excluding carboxylic acids is 1. The molecule has 22 heavy (non-hydrogen) atoms. The molecule has 0 aliphatic carbocycles. The lowest BCUT2D eigenvalue weighted by molar-refractivity contribution is -0.141. The van der Waals surface area contributed by atoms with Gasteiger partial charge >= 0.3 is 6.18 Å². The van der Waals surface area contributed by atoms with E-state index in [4.69, 9.17) is 0 Å². The molecule has 2 aliphatic rings. The van der Waals surface area contributed by atoms with Crippen LogP contribution in [0, 0.1) is 0 Å². The number of carbonyl (C=O) groups is 1. The monoisotopic (exact) mass is 316 g/mol. The Kier molecular flexibility index (Phi) is 3.88. The summed E-state index contributed by atoms with van der Waals surface area (Å²) in [6.07, 6.45) is -1.25. The molecule has 0 spiro atoms. The van der Waals surface area contributed by atoms with Crippen LogP contribution in [-0.2, 0) is 11.0 Å². The summed E-state index contributed by atoms with van der Waals surface area (Å²) >= 11 is 0. The van der Waals surface area contributed by atoms with Gasteiger partial charge in [0.2, 0.25) is 5.91 Å². The van der Waals surface area contributed by atoms with Gasteiger partial charge < -0.3 is 9.88 Å². The van der Waals surface area contributed by atoms with E-state index in [1.54, 1.807) is 11.9 Å². The second-order valence-electron chi connectivity index (χ2n) is 6.05. The summed E-state index contributed by atoms with van der Waals surface area (Å²) in [7, 11) is 1.80. The summed E-state index contributed by atoms with van der Waals surface area (Å²) in [4.78, 5) is 22.2. The Morgan fingerprint density at radius 1 is 1.23 bits per heavy atom. The zero-order valence-electron chi connectivity index (χ0n) is 12.4. The first kappa shape index (κ1) is 15.3. The lowest BCUT2D eigenvalue weighted by Crippen LogP contribution is -2.45. The maximum absolute atomic E-state index is 12.6. The molecule has 0 aromatic carbocycles. The molecule has 5 nitrogen and oxygen atoms in total. The number of piperidine rings is 1. The van der Waals surface area contributed by atoms with Crippen LogP contribution in [0.3, 0.4) is 0 Å². The van der Waals surface area contributed by atoms with E-state index < -0.39 is 11.9 Å². The van der Waals surface area contributed by atoms with Crippen LogP contribution in [0.4, 0.5) is 13.2 Å². The molecule has 3 heterocycles. The van der Waals surface area contributed by atoms with Gasteiger partial charge in [0.25, 0.3) is 0 Å². The predicted octanol–water partition coefficient (Wildman–Crippen LogP) is 1.84. The molecule has 2 aliphatic heterocycles. The standard InChI is InChI=1S/C14H19F3N4O/c1-20-5-4-10(13(20)22)21-6-2-9(3-7-21)12-18-8-11(19-12)14(15,16)17/h8-10H,2-7H2,1H3,(H,18,19)/t10-/m0/s1. The Labute approximate surface area is 126 Å². The summed E-state index contributed by atoms with van der Waals surface area (Å²) in [5, 5.41) is 0. The largest absolute Gasteiger partial charge is 0.432 e. The molecule has 0 radical (unpaired) electrons. The van der Waals surface area contributed by atoms with Gasteiger partial charge in [0.05, 0.1) is 12.2 Å². The van der Waals surface area contributed by atoms with E-state index >= 15 is 0 Å². The van der Waals surface area contributed by atoms with Gasteiger partial charge in [-0.25, -0.2) is 4.98 Å². The molecular weight excluding hydrogens is 297 g/mol. The van der Waals surface area contributed by atoms with Crippen molar-refractivity contribution in [2.75, 3.05) is 26.7 Å². The Bertz CT molecular complexity index is 549. The highest BCUT2D eigenvalue weighted by atomic mass is 19.4. The highest BCUT2D eigenvalue weighted by Crippen LogP contribution is 2.32. The van der Waals surface area contributed by atoms with Gasteiger partial charge in [-0.15, -0.1) is 0 Å². The number of rotatable bonds is 2. The zero-order chi connectivity index (χ0) is 15.9. The summed E-state index contributed by atoms with van der Waals surface area (Å²) < 4.78 is 37.8. The molecule has 1 atom stereocenters. The number of imidazole rings is 1. The first-order valence-corrected chi connectivity index (χ1v) is 7.47. The van der Waals surface area contributed by atoms with Gasteiger partial charge in [-0.2, -0.15) is 13.2 Å². The average molecular weight is 316 g/mol. The number of aromatic nitrogens is 2. The number of hydrogen-bond donors (Lipinski definition) is 1. The second kappa shape index (κ2) is 5.57. The van der Waals surface area contributed by atoms with Crippen LogP contribution in [0.25, 0.3) is 0 Å². The van der Waals surface area contributed by atoms with Crippen molar-refractivity contribution >= 4 is 5.91 Å². The number of amides is 1. The van der Waals surface area contributed by atoms with Crippen molar-refractivity contribution in [2.45, 2.75) is 37.4 Å². The van der Waals surface area contributed by atoms with Crippen molar-refractivity contribution in [3.8, 4) is 0 Å². The molecule has 122 valence electrons. The topological polar surface area (TPSA) is 52.2 Å². The fourth-order valence-electron chi connectivity index (χ4n) is 3.32. The first-order valence-electron chi connectivity index (χ1n) is 7.47. The van der Waals surface area contributed by atoms with Crippen molar-refractivity contribution in [3.63, 3.8) is 0 Å². The highest BCUT2D eigenvalue weighted by molar-refractivity contribution is 5.83. The molecule has 8 heteroatoms. The molecule has 0 saturated carbocycles. The van der Waals surface area contributed by atoms with Crippen molar-refractivity contribution in [2.24, 2.45) is 0 Å². The quantitative estimate of drug-likeness (QED) is 0.906. The molecule has 3 rings (SSSR count). The molecule has 0 bridgehead atoms. The minimum atomic E-state index is -4.38. The third-order valence-electron chi connectivity index (χ3n) is 4.66. The molecule has 2 fully saturated rings. The Hall–Kier alpha value is -1.57. The lowest BCUT2D eigenvalue weighted by atomic mass is 9.95. The van der Waals surface area contributed by atoms with E-state index in [0.29, 0.717) is 5.82 Å². The van der Waals surface area contributed by atoms with E-state index in [-0.39, 0.29) is 17.9 Å². The van der Waals surface area contributed by atoms with Crippen molar-refractivity contribution < 1.29 is 18.0 Å². The number of alkyl halides is 3. The molecule has 1 aromatic rings. The van der Waals surface area contributed by atoms with Crippen molar-refractivity contribution in [3.05, 3.63) is 17.7 Å². The molecular formula is C14H19F3N4O. The SMILES string of the molecule is CN1CC[C@H](N2CCC(c3ncc(C(F)(F)F)[nH]3)CC2)C1=O. The minimum absolute atomic E-state index is 0.00147. The van der Waals surface area contributed by atoms with Crippen LogP contribution >= 0.6 is 0 Å². The van der Waals surface area contributed by atoms with Crippen LogP contribution in [0.2, 0.25) is 0 Å². The van der Waals surface area contributed by atoms with Crippen molar-refractivity contribution in [1.82, 2.24) is 19.8 Å². The van der Waals surface area contributed by atoms with Gasteiger partial charge in [0.1, 0.15) is 11.5 Å². The second-order valence-corrected chi connectivity index (χ2v) is 6.05. The van der Waals surface area contributed by atoms with Gasteiger partial charge in [0, 0.05) is 19.5 Å². The smallest absolute Gasteiger partial charge is 0.344 e. The van der Waals surface area contributed by atoms with Gasteiger partial charge in [0.15, 0.2) is 0 Å². The van der Waals surface area contributed by atoms with E-state index in [2.05, 4.69) is 14.9 Å². The summed E-state index contributed by atoms with van der Waals surface area (Å²) in [5.41, 5.74) is -0.794. The Morgan fingerprint density at radius 2 is 1.91 bits per heavy atom. The Morgan fingerprint density at radius 3 is 2.41 bits per heavy atom. The van der Waals surface area contributed by atoms with E-state index in [1.807, 2.05) is 0 Å². The summed E-state index contributed by atoms with van der Waals surface area (Å²) in [5.74, 6) is 0.555. The number of likely N-dealkylation sites (N-methyl/N-ethyl adjacent to an activating group) is 1. The van der Waals surface area contributed by atoms with Crippen LogP contribution in [0.15, 0.2) is 6.20 Å². The number of aromatic amines is 1. The van der Waals surface area contributed by atoms with Crippen LogP contribution in [-0.4, -0.2) is 58.4 Å². The van der Waals surface area contributed by atoms with E-state index in [1.165, 1.54) is 0 Å². The van der Waals surface area contributed by atoms with Crippen molar-refractivity contribution in [1.29, 1.82) is 0 Å². The van der Waals surface area contributed by atoms with E-state index in [0.717, 1.165) is 45.1 Å². The predicted molar refractivity (Wildman–Crippen MR) is 73.2 cm³/mol. The molecule has 2 saturated heterocycles. The summed E-state index contributed by atoms with van der Waals surface area (Å²) in [6, 6.07) is -0.0618. The lowest BCUT2D eigenvalue weighted by Gasteiger charge is -2.34. The van der Waals surface area contributed by atoms with Gasteiger partial charge in [-0.05, 0) is 32.4 Å². The van der Waals surface area contributed by atoms with Crippen LogP contribution in [0.5, 0.6) is 0 Å². The number of hydrogen-bond acceptors (Lipinski definition) is 3. The number of nitrogens with zero attached hydrogens (tertiary/aromatic N) is 3. The van der Waals surface area contributed by atoms with Crippen LogP contribution in [0.1, 0.15) is 36.7 Å².